The van der Waals surface area contributed by atoms with Gasteiger partial charge in [0.25, 0.3) is 0 Å². The van der Waals surface area contributed by atoms with Crippen LogP contribution in [-0.4, -0.2) is 37.6 Å². The van der Waals surface area contributed by atoms with Crippen LogP contribution in [0.2, 0.25) is 0 Å². The van der Waals surface area contributed by atoms with Crippen LogP contribution in [-0.2, 0) is 9.53 Å². The molecule has 3 heteroatoms. The number of carbonyl (C=O) groups excluding carboxylic acids is 1. The number of nitrogens with zero attached hydrogens (tertiary/aromatic N) is 1. The zero-order chi connectivity index (χ0) is 16.1. The molecule has 1 aromatic carbocycles. The van der Waals surface area contributed by atoms with Crippen molar-refractivity contribution >= 4 is 5.97 Å². The van der Waals surface area contributed by atoms with Crippen molar-refractivity contribution in [2.24, 2.45) is 11.8 Å². The molecule has 3 nitrogen and oxygen atoms in total. The number of hydrogen-bond donors (Lipinski definition) is 0. The summed E-state index contributed by atoms with van der Waals surface area (Å²) in [5.74, 6) is 1.08. The summed E-state index contributed by atoms with van der Waals surface area (Å²) in [6.45, 7) is 2.89. The molecule has 0 N–H and O–H groups in total. The maximum atomic E-state index is 12.7. The Morgan fingerprint density at radius 2 is 1.96 bits per heavy atom. The first kappa shape index (κ1) is 16.5. The van der Waals surface area contributed by atoms with Gasteiger partial charge in [0, 0.05) is 6.54 Å². The van der Waals surface area contributed by atoms with Gasteiger partial charge in [0.1, 0.15) is 0 Å². The van der Waals surface area contributed by atoms with E-state index in [1.807, 2.05) is 18.2 Å². The van der Waals surface area contributed by atoms with Crippen molar-refractivity contribution in [3.05, 3.63) is 35.9 Å². The number of hydrogen-bond acceptors (Lipinski definition) is 3. The summed E-state index contributed by atoms with van der Waals surface area (Å²) < 4.78 is 5.71. The van der Waals surface area contributed by atoms with Crippen LogP contribution in [0, 0.1) is 11.8 Å². The summed E-state index contributed by atoms with van der Waals surface area (Å²) in [5.41, 5.74) is 1.13. The van der Waals surface area contributed by atoms with Gasteiger partial charge in [-0.15, -0.1) is 0 Å². The van der Waals surface area contributed by atoms with Gasteiger partial charge < -0.3 is 9.64 Å². The van der Waals surface area contributed by atoms with E-state index in [9.17, 15) is 4.79 Å². The Labute approximate surface area is 140 Å². The van der Waals surface area contributed by atoms with Gasteiger partial charge in [0.15, 0.2) is 0 Å². The number of rotatable bonds is 6. The fourth-order valence-corrected chi connectivity index (χ4v) is 4.23. The van der Waals surface area contributed by atoms with Crippen molar-refractivity contribution < 1.29 is 9.53 Å². The Morgan fingerprint density at radius 3 is 2.61 bits per heavy atom. The van der Waals surface area contributed by atoms with E-state index in [2.05, 4.69) is 24.1 Å². The molecule has 1 aliphatic heterocycles. The first-order valence-corrected chi connectivity index (χ1v) is 9.14. The molecule has 1 heterocycles. The number of benzene rings is 1. The number of ether oxygens (including phenoxy) is 1. The lowest BCUT2D eigenvalue weighted by Crippen LogP contribution is -2.23. The van der Waals surface area contributed by atoms with Crippen LogP contribution in [0.3, 0.4) is 0 Å². The third-order valence-corrected chi connectivity index (χ3v) is 5.54. The van der Waals surface area contributed by atoms with Crippen LogP contribution in [0.15, 0.2) is 30.3 Å². The van der Waals surface area contributed by atoms with E-state index in [0.717, 1.165) is 31.4 Å². The van der Waals surface area contributed by atoms with Gasteiger partial charge in [-0.25, -0.2) is 0 Å². The molecule has 0 amide bonds. The summed E-state index contributed by atoms with van der Waals surface area (Å²) in [6.07, 6.45) is 7.04. The Kier molecular flexibility index (Phi) is 5.71. The smallest absolute Gasteiger partial charge is 0.313 e. The van der Waals surface area contributed by atoms with Crippen molar-refractivity contribution in [2.45, 2.75) is 44.4 Å². The third kappa shape index (κ3) is 4.35. The van der Waals surface area contributed by atoms with Crippen molar-refractivity contribution in [3.63, 3.8) is 0 Å². The van der Waals surface area contributed by atoms with E-state index in [1.54, 1.807) is 0 Å². The molecule has 2 aliphatic rings. The lowest BCUT2D eigenvalue weighted by atomic mass is 9.85. The highest BCUT2D eigenvalue weighted by molar-refractivity contribution is 5.78. The second kappa shape index (κ2) is 7.96. The van der Waals surface area contributed by atoms with Crippen molar-refractivity contribution in [2.75, 3.05) is 26.7 Å². The molecule has 23 heavy (non-hydrogen) atoms. The van der Waals surface area contributed by atoms with E-state index in [4.69, 9.17) is 4.74 Å². The van der Waals surface area contributed by atoms with Crippen molar-refractivity contribution in [1.82, 2.24) is 4.90 Å². The molecule has 0 spiro atoms. The fourth-order valence-electron chi connectivity index (χ4n) is 4.23. The van der Waals surface area contributed by atoms with E-state index in [1.165, 1.54) is 25.8 Å². The Balaban J connectivity index is 1.57. The van der Waals surface area contributed by atoms with Crippen LogP contribution < -0.4 is 0 Å². The molecule has 0 aromatic heterocycles. The van der Waals surface area contributed by atoms with Crippen molar-refractivity contribution in [3.8, 4) is 0 Å². The zero-order valence-electron chi connectivity index (χ0n) is 14.2. The predicted molar refractivity (Wildman–Crippen MR) is 92.3 cm³/mol. The number of esters is 1. The predicted octanol–water partition coefficient (Wildman–Crippen LogP) is 3.85. The molecule has 2 unspecified atom stereocenters. The molecular weight excluding hydrogens is 286 g/mol. The Bertz CT molecular complexity index is 496. The van der Waals surface area contributed by atoms with E-state index >= 15 is 0 Å². The second-order valence-corrected chi connectivity index (χ2v) is 7.31. The molecule has 0 bridgehead atoms. The van der Waals surface area contributed by atoms with Gasteiger partial charge in [-0.3, -0.25) is 4.79 Å². The monoisotopic (exact) mass is 315 g/mol. The first-order valence-electron chi connectivity index (χ1n) is 9.14. The quantitative estimate of drug-likeness (QED) is 0.747. The molecule has 1 aromatic rings. The molecule has 1 saturated heterocycles. The maximum Gasteiger partial charge on any atom is 0.313 e. The minimum absolute atomic E-state index is 0.00514. The SMILES string of the molecule is CN1CCC(CCOC(=O)C(c2ccccc2)C2CCCC2)C1. The van der Waals surface area contributed by atoms with Crippen LogP contribution in [0.1, 0.15) is 50.0 Å². The molecule has 2 atom stereocenters. The third-order valence-electron chi connectivity index (χ3n) is 5.54. The number of carbonyl (C=O) groups is 1. The van der Waals surface area contributed by atoms with Crippen LogP contribution in [0.5, 0.6) is 0 Å². The topological polar surface area (TPSA) is 29.5 Å². The molecule has 0 radical (unpaired) electrons. The standard InChI is InChI=1S/C20H29NO2/c1-21-13-11-16(15-21)12-14-23-20(22)19(18-9-5-6-10-18)17-7-3-2-4-8-17/h2-4,7-8,16,18-19H,5-6,9-15H2,1H3. The van der Waals surface area contributed by atoms with E-state index in [-0.39, 0.29) is 11.9 Å². The minimum Gasteiger partial charge on any atom is -0.465 e. The fraction of sp³-hybridized carbons (Fsp3) is 0.650. The van der Waals surface area contributed by atoms with E-state index in [0.29, 0.717) is 18.4 Å². The highest BCUT2D eigenvalue weighted by atomic mass is 16.5. The van der Waals surface area contributed by atoms with Crippen molar-refractivity contribution in [1.29, 1.82) is 0 Å². The molecule has 1 aliphatic carbocycles. The number of likely N-dealkylation sites (tertiary alicyclic amines) is 1. The minimum atomic E-state index is -0.0649. The highest BCUT2D eigenvalue weighted by Gasteiger charge is 2.33. The van der Waals surface area contributed by atoms with Gasteiger partial charge in [0.2, 0.25) is 0 Å². The maximum absolute atomic E-state index is 12.7. The van der Waals surface area contributed by atoms with Gasteiger partial charge >= 0.3 is 5.97 Å². The second-order valence-electron chi connectivity index (χ2n) is 7.31. The summed E-state index contributed by atoms with van der Waals surface area (Å²) >= 11 is 0. The molecule has 126 valence electrons. The lowest BCUT2D eigenvalue weighted by Gasteiger charge is -2.22. The van der Waals surface area contributed by atoms with Crippen LogP contribution in [0.25, 0.3) is 0 Å². The first-order chi connectivity index (χ1) is 11.2. The largest absolute Gasteiger partial charge is 0.465 e. The van der Waals surface area contributed by atoms with Crippen LogP contribution >= 0.6 is 0 Å². The average molecular weight is 315 g/mol. The van der Waals surface area contributed by atoms with Gasteiger partial charge in [-0.05, 0) is 56.7 Å². The van der Waals surface area contributed by atoms with E-state index < -0.39 is 0 Å². The highest BCUT2D eigenvalue weighted by Crippen LogP contribution is 2.38. The molecule has 1 saturated carbocycles. The van der Waals surface area contributed by atoms with Gasteiger partial charge in [0.05, 0.1) is 12.5 Å². The Hall–Kier alpha value is -1.35. The summed E-state index contributed by atoms with van der Waals surface area (Å²) in [6, 6.07) is 10.2. The van der Waals surface area contributed by atoms with Gasteiger partial charge in [-0.2, -0.15) is 0 Å². The zero-order valence-corrected chi connectivity index (χ0v) is 14.2. The average Bonchev–Trinajstić information content (AvgIpc) is 3.21. The Morgan fingerprint density at radius 1 is 1.22 bits per heavy atom. The molecule has 2 fully saturated rings. The lowest BCUT2D eigenvalue weighted by molar-refractivity contribution is -0.147. The summed E-state index contributed by atoms with van der Waals surface area (Å²) in [4.78, 5) is 15.1. The molecular formula is C20H29NO2. The summed E-state index contributed by atoms with van der Waals surface area (Å²) in [7, 11) is 2.16. The van der Waals surface area contributed by atoms with Gasteiger partial charge in [-0.1, -0.05) is 43.2 Å². The summed E-state index contributed by atoms with van der Waals surface area (Å²) in [5, 5.41) is 0. The molecule has 3 rings (SSSR count). The van der Waals surface area contributed by atoms with Crippen LogP contribution in [0.4, 0.5) is 0 Å². The normalized spacial score (nSPS) is 24.0.